The number of aryl methyl sites for hydroxylation is 1. The van der Waals surface area contributed by atoms with E-state index >= 15 is 0 Å². The van der Waals surface area contributed by atoms with Crippen molar-refractivity contribution in [1.29, 1.82) is 0 Å². The second-order valence-electron chi connectivity index (χ2n) is 4.21. The number of pyridine rings is 1. The van der Waals surface area contributed by atoms with Gasteiger partial charge in [-0.05, 0) is 42.8 Å². The first-order valence-electron chi connectivity index (χ1n) is 5.74. The molecule has 2 N–H and O–H groups in total. The van der Waals surface area contributed by atoms with Gasteiger partial charge in [0.25, 0.3) is 0 Å². The number of nitrogens with zero attached hydrogens (tertiary/aromatic N) is 1. The Kier molecular flexibility index (Phi) is 4.16. The number of carboxylic acids is 1. The van der Waals surface area contributed by atoms with Gasteiger partial charge in [-0.3, -0.25) is 4.98 Å². The van der Waals surface area contributed by atoms with E-state index in [0.717, 1.165) is 21.4 Å². The topological polar surface area (TPSA) is 62.2 Å². The third-order valence-electron chi connectivity index (χ3n) is 2.59. The summed E-state index contributed by atoms with van der Waals surface area (Å²) in [7, 11) is 0. The van der Waals surface area contributed by atoms with Crippen LogP contribution in [0, 0.1) is 6.92 Å². The van der Waals surface area contributed by atoms with Crippen LogP contribution in [0.15, 0.2) is 41.0 Å². The minimum Gasteiger partial charge on any atom is -0.478 e. The molecule has 19 heavy (non-hydrogen) atoms. The number of aromatic nitrogens is 1. The SMILES string of the molecule is Cc1cc(Br)cc(NCc2ccc(C(=O)O)cn2)c1. The van der Waals surface area contributed by atoms with Gasteiger partial charge in [-0.2, -0.15) is 0 Å². The molecule has 2 aromatic rings. The predicted octanol–water partition coefficient (Wildman–Crippen LogP) is 3.46. The quantitative estimate of drug-likeness (QED) is 0.905. The van der Waals surface area contributed by atoms with Crippen LogP contribution in [0.4, 0.5) is 5.69 Å². The lowest BCUT2D eigenvalue weighted by Crippen LogP contribution is -2.04. The average molecular weight is 321 g/mol. The van der Waals surface area contributed by atoms with Crippen molar-refractivity contribution in [1.82, 2.24) is 4.98 Å². The molecule has 0 saturated carbocycles. The van der Waals surface area contributed by atoms with Gasteiger partial charge in [0.2, 0.25) is 0 Å². The van der Waals surface area contributed by atoms with Crippen molar-refractivity contribution in [2.24, 2.45) is 0 Å². The summed E-state index contributed by atoms with van der Waals surface area (Å²) in [5.74, 6) is -0.963. The Hall–Kier alpha value is -1.88. The number of hydrogen-bond donors (Lipinski definition) is 2. The molecule has 1 heterocycles. The maximum Gasteiger partial charge on any atom is 0.337 e. The van der Waals surface area contributed by atoms with Gasteiger partial charge in [-0.15, -0.1) is 0 Å². The van der Waals surface area contributed by atoms with Crippen molar-refractivity contribution in [3.05, 3.63) is 57.8 Å². The van der Waals surface area contributed by atoms with Gasteiger partial charge < -0.3 is 10.4 Å². The molecule has 0 unspecified atom stereocenters. The highest BCUT2D eigenvalue weighted by atomic mass is 79.9. The van der Waals surface area contributed by atoms with Crippen LogP contribution in [-0.4, -0.2) is 16.1 Å². The zero-order valence-electron chi connectivity index (χ0n) is 10.4. The van der Waals surface area contributed by atoms with Crippen LogP contribution in [0.1, 0.15) is 21.6 Å². The number of aromatic carboxylic acids is 1. The van der Waals surface area contributed by atoms with E-state index in [4.69, 9.17) is 5.11 Å². The Bertz CT molecular complexity index is 577. The molecule has 0 bridgehead atoms. The predicted molar refractivity (Wildman–Crippen MR) is 77.4 cm³/mol. The second-order valence-corrected chi connectivity index (χ2v) is 5.13. The van der Waals surface area contributed by atoms with Crippen LogP contribution < -0.4 is 5.32 Å². The van der Waals surface area contributed by atoms with E-state index in [-0.39, 0.29) is 5.56 Å². The molecule has 0 fully saturated rings. The van der Waals surface area contributed by atoms with Gasteiger partial charge in [-0.25, -0.2) is 4.79 Å². The third-order valence-corrected chi connectivity index (χ3v) is 3.05. The van der Waals surface area contributed by atoms with Gasteiger partial charge in [0, 0.05) is 16.4 Å². The standard InChI is InChI=1S/C14H13BrN2O2/c1-9-4-11(15)6-13(5-9)17-8-12-3-2-10(7-16-12)14(18)19/h2-7,17H,8H2,1H3,(H,18,19). The van der Waals surface area contributed by atoms with Crippen LogP contribution in [-0.2, 0) is 6.54 Å². The zero-order chi connectivity index (χ0) is 13.8. The summed E-state index contributed by atoms with van der Waals surface area (Å²) in [6.45, 7) is 2.58. The summed E-state index contributed by atoms with van der Waals surface area (Å²) in [6, 6.07) is 9.32. The summed E-state index contributed by atoms with van der Waals surface area (Å²) in [5, 5.41) is 12.0. The van der Waals surface area contributed by atoms with Gasteiger partial charge >= 0.3 is 5.97 Å². The van der Waals surface area contributed by atoms with Gasteiger partial charge in [0.15, 0.2) is 0 Å². The van der Waals surface area contributed by atoms with E-state index in [2.05, 4.69) is 26.2 Å². The Morgan fingerprint density at radius 2 is 2.16 bits per heavy atom. The Balaban J connectivity index is 2.03. The van der Waals surface area contributed by atoms with Crippen molar-refractivity contribution in [3.63, 3.8) is 0 Å². The maximum absolute atomic E-state index is 10.7. The highest BCUT2D eigenvalue weighted by Gasteiger charge is 2.03. The molecule has 0 aliphatic rings. The van der Waals surface area contributed by atoms with E-state index in [9.17, 15) is 4.79 Å². The van der Waals surface area contributed by atoms with Gasteiger partial charge in [0.1, 0.15) is 0 Å². The van der Waals surface area contributed by atoms with E-state index in [1.54, 1.807) is 12.1 Å². The largest absolute Gasteiger partial charge is 0.478 e. The summed E-state index contributed by atoms with van der Waals surface area (Å²) >= 11 is 3.44. The van der Waals surface area contributed by atoms with Crippen molar-refractivity contribution in [3.8, 4) is 0 Å². The number of benzene rings is 1. The normalized spacial score (nSPS) is 10.2. The molecule has 0 radical (unpaired) electrons. The molecule has 5 heteroatoms. The van der Waals surface area contributed by atoms with Crippen molar-refractivity contribution in [2.45, 2.75) is 13.5 Å². The lowest BCUT2D eigenvalue weighted by Gasteiger charge is -2.08. The molecule has 0 amide bonds. The third kappa shape index (κ3) is 3.79. The fourth-order valence-corrected chi connectivity index (χ4v) is 2.29. The van der Waals surface area contributed by atoms with Crippen LogP contribution in [0.5, 0.6) is 0 Å². The molecule has 2 rings (SSSR count). The number of nitrogens with one attached hydrogen (secondary N) is 1. The van der Waals surface area contributed by atoms with Gasteiger partial charge in [-0.1, -0.05) is 15.9 Å². The van der Waals surface area contributed by atoms with E-state index < -0.39 is 5.97 Å². The first-order valence-corrected chi connectivity index (χ1v) is 6.53. The lowest BCUT2D eigenvalue weighted by atomic mass is 10.2. The molecule has 1 aromatic heterocycles. The maximum atomic E-state index is 10.7. The monoisotopic (exact) mass is 320 g/mol. The summed E-state index contributed by atoms with van der Waals surface area (Å²) in [5.41, 5.74) is 3.15. The smallest absolute Gasteiger partial charge is 0.337 e. The Labute approximate surface area is 119 Å². The lowest BCUT2D eigenvalue weighted by molar-refractivity contribution is 0.0696. The zero-order valence-corrected chi connectivity index (χ0v) is 11.9. The molecule has 0 saturated heterocycles. The summed E-state index contributed by atoms with van der Waals surface area (Å²) in [6.07, 6.45) is 1.37. The molecule has 0 atom stereocenters. The minimum atomic E-state index is -0.963. The number of rotatable bonds is 4. The highest BCUT2D eigenvalue weighted by molar-refractivity contribution is 9.10. The molecule has 0 spiro atoms. The number of halogens is 1. The molecule has 1 aromatic carbocycles. The first-order chi connectivity index (χ1) is 9.04. The van der Waals surface area contributed by atoms with Crippen LogP contribution in [0.25, 0.3) is 0 Å². The summed E-state index contributed by atoms with van der Waals surface area (Å²) < 4.78 is 1.02. The molecular formula is C14H13BrN2O2. The number of carboxylic acid groups (broad SMARTS) is 1. The van der Waals surface area contributed by atoms with E-state index in [0.29, 0.717) is 6.54 Å². The van der Waals surface area contributed by atoms with Crippen LogP contribution in [0.3, 0.4) is 0 Å². The highest BCUT2D eigenvalue weighted by Crippen LogP contribution is 2.19. The molecule has 0 aliphatic heterocycles. The van der Waals surface area contributed by atoms with Crippen molar-refractivity contribution < 1.29 is 9.90 Å². The minimum absolute atomic E-state index is 0.196. The fourth-order valence-electron chi connectivity index (χ4n) is 1.69. The van der Waals surface area contributed by atoms with Crippen LogP contribution in [0.2, 0.25) is 0 Å². The number of hydrogen-bond acceptors (Lipinski definition) is 3. The van der Waals surface area contributed by atoms with E-state index in [1.165, 1.54) is 6.20 Å². The average Bonchev–Trinajstić information content (AvgIpc) is 2.36. The van der Waals surface area contributed by atoms with Crippen molar-refractivity contribution in [2.75, 3.05) is 5.32 Å². The molecular weight excluding hydrogens is 308 g/mol. The molecule has 0 aliphatic carbocycles. The summed E-state index contributed by atoms with van der Waals surface area (Å²) in [4.78, 5) is 14.8. The van der Waals surface area contributed by atoms with Crippen molar-refractivity contribution >= 4 is 27.6 Å². The first kappa shape index (κ1) is 13.5. The fraction of sp³-hybridized carbons (Fsp3) is 0.143. The van der Waals surface area contributed by atoms with Gasteiger partial charge in [0.05, 0.1) is 17.8 Å². The second kappa shape index (κ2) is 5.84. The van der Waals surface area contributed by atoms with E-state index in [1.807, 2.05) is 25.1 Å². The molecule has 4 nitrogen and oxygen atoms in total. The Morgan fingerprint density at radius 3 is 2.74 bits per heavy atom. The Morgan fingerprint density at radius 1 is 1.37 bits per heavy atom. The number of carbonyl (C=O) groups is 1. The molecule has 98 valence electrons. The van der Waals surface area contributed by atoms with Crippen LogP contribution >= 0.6 is 15.9 Å². The number of anilines is 1.